The Morgan fingerprint density at radius 1 is 0.957 bits per heavy atom. The molecule has 1 heterocycles. The lowest BCUT2D eigenvalue weighted by molar-refractivity contribution is 0.468. The van der Waals surface area contributed by atoms with Crippen LogP contribution in [0.15, 0.2) is 42.6 Å². The van der Waals surface area contributed by atoms with Crippen LogP contribution in [-0.4, -0.2) is 4.98 Å². The Bertz CT molecular complexity index is 594. The van der Waals surface area contributed by atoms with Crippen molar-refractivity contribution in [3.8, 4) is 11.3 Å². The Morgan fingerprint density at radius 3 is 2.48 bits per heavy atom. The number of hydrogen-bond donors (Lipinski definition) is 0. The summed E-state index contributed by atoms with van der Waals surface area (Å²) in [5.74, 6) is 1.05. The van der Waals surface area contributed by atoms with E-state index in [-0.39, 0.29) is 0 Å². The minimum atomic E-state index is 1.05. The zero-order valence-electron chi connectivity index (χ0n) is 14.4. The van der Waals surface area contributed by atoms with E-state index >= 15 is 0 Å². The molecule has 1 saturated carbocycles. The van der Waals surface area contributed by atoms with Gasteiger partial charge in [-0.3, -0.25) is 4.98 Å². The maximum atomic E-state index is 4.46. The summed E-state index contributed by atoms with van der Waals surface area (Å²) in [6.07, 6.45) is 14.7. The zero-order chi connectivity index (χ0) is 15.9. The van der Waals surface area contributed by atoms with Crippen LogP contribution in [0.25, 0.3) is 11.3 Å². The molecule has 1 aliphatic carbocycles. The first-order valence-electron chi connectivity index (χ1n) is 9.33. The Hall–Kier alpha value is -1.63. The number of pyridine rings is 1. The topological polar surface area (TPSA) is 12.9 Å². The van der Waals surface area contributed by atoms with Crippen LogP contribution in [0.5, 0.6) is 0 Å². The molecule has 1 aromatic carbocycles. The normalized spacial score (nSPS) is 15.2. The molecular weight excluding hydrogens is 278 g/mol. The van der Waals surface area contributed by atoms with Crippen LogP contribution >= 0.6 is 0 Å². The molecule has 3 rings (SSSR count). The van der Waals surface area contributed by atoms with Gasteiger partial charge >= 0.3 is 0 Å². The Morgan fingerprint density at radius 2 is 1.74 bits per heavy atom. The van der Waals surface area contributed by atoms with Crippen molar-refractivity contribution in [2.45, 2.75) is 64.7 Å². The molecule has 1 aromatic heterocycles. The predicted molar refractivity (Wildman–Crippen MR) is 98.5 cm³/mol. The highest BCUT2D eigenvalue weighted by Gasteiger charge is 2.13. The number of unbranched alkanes of at least 4 members (excludes halogenated alkanes) is 2. The first kappa shape index (κ1) is 16.2. The molecule has 0 bridgehead atoms. The lowest BCUT2D eigenvalue weighted by Gasteiger charge is -2.08. The van der Waals surface area contributed by atoms with Gasteiger partial charge in [-0.1, -0.05) is 69.2 Å². The van der Waals surface area contributed by atoms with Gasteiger partial charge in [0.2, 0.25) is 0 Å². The van der Waals surface area contributed by atoms with Crippen molar-refractivity contribution < 1.29 is 0 Å². The Labute approximate surface area is 141 Å². The molecule has 23 heavy (non-hydrogen) atoms. The van der Waals surface area contributed by atoms with Gasteiger partial charge < -0.3 is 0 Å². The largest absolute Gasteiger partial charge is 0.256 e. The summed E-state index contributed by atoms with van der Waals surface area (Å²) < 4.78 is 0. The van der Waals surface area contributed by atoms with Gasteiger partial charge in [-0.05, 0) is 48.9 Å². The van der Waals surface area contributed by atoms with Crippen LogP contribution in [0, 0.1) is 12.8 Å². The molecule has 1 heteroatoms. The lowest BCUT2D eigenvalue weighted by Crippen LogP contribution is -1.93. The predicted octanol–water partition coefficient (Wildman–Crippen LogP) is 6.35. The molecule has 0 atom stereocenters. The minimum Gasteiger partial charge on any atom is -0.256 e. The van der Waals surface area contributed by atoms with E-state index in [4.69, 9.17) is 0 Å². The maximum absolute atomic E-state index is 4.46. The molecule has 0 saturated heterocycles. The molecule has 0 amide bonds. The first-order chi connectivity index (χ1) is 11.3. The van der Waals surface area contributed by atoms with Gasteiger partial charge in [0.1, 0.15) is 0 Å². The highest BCUT2D eigenvalue weighted by atomic mass is 14.7. The maximum Gasteiger partial charge on any atom is 0.0704 e. The van der Waals surface area contributed by atoms with E-state index in [9.17, 15) is 0 Å². The molecule has 2 aromatic rings. The number of nitrogens with zero attached hydrogens (tertiary/aromatic N) is 1. The highest BCUT2D eigenvalue weighted by molar-refractivity contribution is 5.59. The second-order valence-corrected chi connectivity index (χ2v) is 7.17. The van der Waals surface area contributed by atoms with Crippen molar-refractivity contribution in [2.24, 2.45) is 5.92 Å². The van der Waals surface area contributed by atoms with Crippen LogP contribution < -0.4 is 0 Å². The average Bonchev–Trinajstić information content (AvgIpc) is 3.08. The fourth-order valence-electron chi connectivity index (χ4n) is 3.77. The van der Waals surface area contributed by atoms with Gasteiger partial charge in [0, 0.05) is 11.8 Å². The smallest absolute Gasteiger partial charge is 0.0704 e. The Kier molecular flexibility index (Phi) is 5.85. The molecule has 1 nitrogen and oxygen atoms in total. The van der Waals surface area contributed by atoms with Gasteiger partial charge in [-0.2, -0.15) is 0 Å². The number of aromatic nitrogens is 1. The third kappa shape index (κ3) is 4.92. The Balaban J connectivity index is 1.42. The molecular formula is C22H29N. The van der Waals surface area contributed by atoms with Gasteiger partial charge in [-0.25, -0.2) is 0 Å². The van der Waals surface area contributed by atoms with Crippen LogP contribution in [0.3, 0.4) is 0 Å². The van der Waals surface area contributed by atoms with E-state index in [2.05, 4.69) is 42.2 Å². The first-order valence-corrected chi connectivity index (χ1v) is 9.33. The third-order valence-corrected chi connectivity index (χ3v) is 5.22. The van der Waals surface area contributed by atoms with Gasteiger partial charge in [-0.15, -0.1) is 0 Å². The molecule has 0 radical (unpaired) electrons. The second-order valence-electron chi connectivity index (χ2n) is 7.17. The number of aryl methyl sites for hydroxylation is 2. The third-order valence-electron chi connectivity index (χ3n) is 5.22. The van der Waals surface area contributed by atoms with Crippen LogP contribution in [0.2, 0.25) is 0 Å². The molecule has 0 aliphatic heterocycles. The van der Waals surface area contributed by atoms with Gasteiger partial charge in [0.05, 0.1) is 5.69 Å². The summed E-state index contributed by atoms with van der Waals surface area (Å²) in [5.41, 5.74) is 5.02. The van der Waals surface area contributed by atoms with E-state index in [1.807, 2.05) is 12.3 Å². The van der Waals surface area contributed by atoms with Crippen molar-refractivity contribution >= 4 is 0 Å². The summed E-state index contributed by atoms with van der Waals surface area (Å²) >= 11 is 0. The van der Waals surface area contributed by atoms with Crippen LogP contribution in [0.4, 0.5) is 0 Å². The van der Waals surface area contributed by atoms with E-state index in [0.717, 1.165) is 11.6 Å². The monoisotopic (exact) mass is 307 g/mol. The van der Waals surface area contributed by atoms with E-state index < -0.39 is 0 Å². The molecule has 0 unspecified atom stereocenters. The number of benzene rings is 1. The van der Waals surface area contributed by atoms with E-state index in [1.165, 1.54) is 74.5 Å². The fourth-order valence-corrected chi connectivity index (χ4v) is 3.77. The SMILES string of the molecule is Cc1ccnc(-c2ccc(CCCCCC3CCCC3)cc2)c1. The highest BCUT2D eigenvalue weighted by Crippen LogP contribution is 2.29. The summed E-state index contributed by atoms with van der Waals surface area (Å²) in [7, 11) is 0. The molecule has 0 spiro atoms. The quantitative estimate of drug-likeness (QED) is 0.543. The number of hydrogen-bond acceptors (Lipinski definition) is 1. The summed E-state index contributed by atoms with van der Waals surface area (Å²) in [6, 6.07) is 13.2. The lowest BCUT2D eigenvalue weighted by atomic mass is 9.98. The van der Waals surface area contributed by atoms with E-state index in [1.54, 1.807) is 0 Å². The average molecular weight is 307 g/mol. The van der Waals surface area contributed by atoms with Crippen LogP contribution in [-0.2, 0) is 6.42 Å². The summed E-state index contributed by atoms with van der Waals surface area (Å²) in [5, 5.41) is 0. The van der Waals surface area contributed by atoms with Crippen molar-refractivity contribution in [2.75, 3.05) is 0 Å². The fraction of sp³-hybridized carbons (Fsp3) is 0.500. The van der Waals surface area contributed by atoms with Gasteiger partial charge in [0.15, 0.2) is 0 Å². The second kappa shape index (κ2) is 8.29. The zero-order valence-corrected chi connectivity index (χ0v) is 14.4. The van der Waals surface area contributed by atoms with Crippen molar-refractivity contribution in [3.05, 3.63) is 53.7 Å². The molecule has 1 fully saturated rings. The standard InChI is InChI=1S/C22H29N/c1-18-15-16-23-22(17-18)21-13-11-20(12-14-21)8-4-2-3-7-19-9-5-6-10-19/h11-17,19H,2-10H2,1H3. The molecule has 0 N–H and O–H groups in total. The minimum absolute atomic E-state index is 1.05. The van der Waals surface area contributed by atoms with Gasteiger partial charge in [0.25, 0.3) is 0 Å². The van der Waals surface area contributed by atoms with Crippen LogP contribution in [0.1, 0.15) is 62.5 Å². The summed E-state index contributed by atoms with van der Waals surface area (Å²) in [4.78, 5) is 4.46. The van der Waals surface area contributed by atoms with Crippen molar-refractivity contribution in [1.82, 2.24) is 4.98 Å². The number of rotatable bonds is 7. The molecule has 122 valence electrons. The summed E-state index contributed by atoms with van der Waals surface area (Å²) in [6.45, 7) is 2.12. The van der Waals surface area contributed by atoms with E-state index in [0.29, 0.717) is 0 Å². The molecule has 1 aliphatic rings. The van der Waals surface area contributed by atoms with Crippen molar-refractivity contribution in [3.63, 3.8) is 0 Å². The van der Waals surface area contributed by atoms with Crippen molar-refractivity contribution in [1.29, 1.82) is 0 Å².